The van der Waals surface area contributed by atoms with Crippen LogP contribution in [0.4, 0.5) is 13.2 Å². The van der Waals surface area contributed by atoms with Crippen molar-refractivity contribution in [3.8, 4) is 5.69 Å². The second kappa shape index (κ2) is 5.05. The molecule has 0 aliphatic rings. The molecule has 0 aliphatic carbocycles. The minimum absolute atomic E-state index is 0.184. The molecule has 1 heterocycles. The molecule has 2 aromatic rings. The third kappa shape index (κ3) is 2.96. The van der Waals surface area contributed by atoms with Gasteiger partial charge in [0.15, 0.2) is 0 Å². The molecular weight excluding hydrogens is 255 g/mol. The number of alkyl halides is 3. The normalized spacial score (nSPS) is 11.8. The van der Waals surface area contributed by atoms with Gasteiger partial charge in [-0.25, -0.2) is 4.68 Å². The van der Waals surface area contributed by atoms with E-state index < -0.39 is 11.7 Å². The summed E-state index contributed by atoms with van der Waals surface area (Å²) in [6.07, 6.45) is -0.908. The second-order valence-corrected chi connectivity index (χ2v) is 4.34. The van der Waals surface area contributed by atoms with Crippen molar-refractivity contribution in [3.63, 3.8) is 0 Å². The smallest absolute Gasteiger partial charge is 0.330 e. The number of nitrogens with zero attached hydrogens (tertiary/aromatic N) is 2. The molecule has 0 saturated heterocycles. The average molecular weight is 269 g/mol. The average Bonchev–Trinajstić information content (AvgIpc) is 2.75. The monoisotopic (exact) mass is 269 g/mol. The lowest BCUT2D eigenvalue weighted by atomic mass is 10.0. The largest absolute Gasteiger partial charge is 0.416 e. The fraction of sp³-hybridized carbons (Fsp3) is 0.308. The Labute approximate surface area is 108 Å². The quantitative estimate of drug-likeness (QED) is 0.931. The first kappa shape index (κ1) is 13.6. The van der Waals surface area contributed by atoms with Crippen LogP contribution in [0.25, 0.3) is 5.69 Å². The van der Waals surface area contributed by atoms with Gasteiger partial charge in [0, 0.05) is 6.20 Å². The lowest BCUT2D eigenvalue weighted by Crippen LogP contribution is -2.13. The Morgan fingerprint density at radius 2 is 2.05 bits per heavy atom. The van der Waals surface area contributed by atoms with E-state index >= 15 is 0 Å². The van der Waals surface area contributed by atoms with Gasteiger partial charge < -0.3 is 5.73 Å². The van der Waals surface area contributed by atoms with Crippen LogP contribution in [0, 0.1) is 6.92 Å². The van der Waals surface area contributed by atoms with E-state index in [-0.39, 0.29) is 18.5 Å². The first-order chi connectivity index (χ1) is 8.91. The Morgan fingerprint density at radius 3 is 2.58 bits per heavy atom. The van der Waals surface area contributed by atoms with Crippen molar-refractivity contribution in [2.24, 2.45) is 5.73 Å². The zero-order valence-corrected chi connectivity index (χ0v) is 10.4. The van der Waals surface area contributed by atoms with Crippen molar-refractivity contribution in [2.45, 2.75) is 19.5 Å². The summed E-state index contributed by atoms with van der Waals surface area (Å²) >= 11 is 0. The Morgan fingerprint density at radius 1 is 1.32 bits per heavy atom. The van der Waals surface area contributed by atoms with Gasteiger partial charge in [-0.1, -0.05) is 6.07 Å². The number of benzene rings is 1. The number of rotatable bonds is 3. The minimum Gasteiger partial charge on any atom is -0.330 e. The van der Waals surface area contributed by atoms with Crippen molar-refractivity contribution < 1.29 is 13.2 Å². The highest BCUT2D eigenvalue weighted by Crippen LogP contribution is 2.33. The topological polar surface area (TPSA) is 43.8 Å². The Bertz CT molecular complexity index is 573. The molecule has 0 amide bonds. The van der Waals surface area contributed by atoms with Crippen LogP contribution in [-0.2, 0) is 12.6 Å². The molecule has 0 aliphatic heterocycles. The van der Waals surface area contributed by atoms with E-state index in [9.17, 15) is 13.2 Å². The maximum absolute atomic E-state index is 13.0. The van der Waals surface area contributed by atoms with Crippen LogP contribution in [0.15, 0.2) is 30.6 Å². The molecule has 0 spiro atoms. The van der Waals surface area contributed by atoms with Gasteiger partial charge in [0.2, 0.25) is 0 Å². The summed E-state index contributed by atoms with van der Waals surface area (Å²) in [4.78, 5) is 0. The SMILES string of the molecule is Cc1cnn(-c2ccc(CCN)c(C(F)(F)F)c2)c1. The van der Waals surface area contributed by atoms with Gasteiger partial charge in [-0.2, -0.15) is 18.3 Å². The van der Waals surface area contributed by atoms with Crippen LogP contribution in [0.1, 0.15) is 16.7 Å². The molecule has 102 valence electrons. The van der Waals surface area contributed by atoms with Crippen LogP contribution in [0.5, 0.6) is 0 Å². The summed E-state index contributed by atoms with van der Waals surface area (Å²) in [6.45, 7) is 2.01. The minimum atomic E-state index is -4.39. The highest BCUT2D eigenvalue weighted by Gasteiger charge is 2.33. The summed E-state index contributed by atoms with van der Waals surface area (Å²) in [5, 5.41) is 4.01. The lowest BCUT2D eigenvalue weighted by molar-refractivity contribution is -0.138. The van der Waals surface area contributed by atoms with Crippen molar-refractivity contribution in [2.75, 3.05) is 6.54 Å². The summed E-state index contributed by atoms with van der Waals surface area (Å²) in [6, 6.07) is 4.19. The number of aromatic nitrogens is 2. The molecule has 0 bridgehead atoms. The van der Waals surface area contributed by atoms with E-state index in [1.165, 1.54) is 10.7 Å². The fourth-order valence-corrected chi connectivity index (χ4v) is 1.90. The molecule has 0 saturated carbocycles. The standard InChI is InChI=1S/C13H14F3N3/c1-9-7-18-19(8-9)11-3-2-10(4-5-17)12(6-11)13(14,15)16/h2-3,6-8H,4-5,17H2,1H3. The molecule has 19 heavy (non-hydrogen) atoms. The molecule has 3 nitrogen and oxygen atoms in total. The van der Waals surface area contributed by atoms with Crippen LogP contribution in [-0.4, -0.2) is 16.3 Å². The zero-order valence-electron chi connectivity index (χ0n) is 10.4. The van der Waals surface area contributed by atoms with E-state index in [0.29, 0.717) is 5.69 Å². The van der Waals surface area contributed by atoms with Crippen LogP contribution in [0.2, 0.25) is 0 Å². The molecule has 0 atom stereocenters. The van der Waals surface area contributed by atoms with Crippen molar-refractivity contribution >= 4 is 0 Å². The maximum Gasteiger partial charge on any atom is 0.416 e. The summed E-state index contributed by atoms with van der Waals surface area (Å²) < 4.78 is 40.4. The van der Waals surface area contributed by atoms with E-state index in [4.69, 9.17) is 5.73 Å². The third-order valence-electron chi connectivity index (χ3n) is 2.79. The molecule has 1 aromatic carbocycles. The summed E-state index contributed by atoms with van der Waals surface area (Å²) in [5.41, 5.74) is 6.18. The van der Waals surface area contributed by atoms with Gasteiger partial charge in [0.25, 0.3) is 0 Å². The predicted octanol–water partition coefficient (Wildman–Crippen LogP) is 2.70. The van der Waals surface area contributed by atoms with Gasteiger partial charge in [-0.3, -0.25) is 0 Å². The van der Waals surface area contributed by atoms with Crippen molar-refractivity contribution in [1.82, 2.24) is 9.78 Å². The number of halogens is 3. The van der Waals surface area contributed by atoms with Crippen LogP contribution < -0.4 is 5.73 Å². The molecule has 2 N–H and O–H groups in total. The molecule has 2 rings (SSSR count). The van der Waals surface area contributed by atoms with Crippen molar-refractivity contribution in [1.29, 1.82) is 0 Å². The number of nitrogens with two attached hydrogens (primary N) is 1. The van der Waals surface area contributed by atoms with Gasteiger partial charge in [0.05, 0.1) is 17.4 Å². The van der Waals surface area contributed by atoms with Gasteiger partial charge in [-0.05, 0) is 43.1 Å². The van der Waals surface area contributed by atoms with Crippen LogP contribution in [0.3, 0.4) is 0 Å². The van der Waals surface area contributed by atoms with E-state index in [1.54, 1.807) is 18.5 Å². The summed E-state index contributed by atoms with van der Waals surface area (Å²) in [7, 11) is 0. The van der Waals surface area contributed by atoms with Gasteiger partial charge >= 0.3 is 6.18 Å². The maximum atomic E-state index is 13.0. The number of hydrogen-bond donors (Lipinski definition) is 1. The second-order valence-electron chi connectivity index (χ2n) is 4.34. The first-order valence-corrected chi connectivity index (χ1v) is 5.83. The number of hydrogen-bond acceptors (Lipinski definition) is 2. The van der Waals surface area contributed by atoms with E-state index in [1.807, 2.05) is 6.92 Å². The van der Waals surface area contributed by atoms with Crippen LogP contribution >= 0.6 is 0 Å². The molecule has 0 fully saturated rings. The van der Waals surface area contributed by atoms with E-state index in [0.717, 1.165) is 11.6 Å². The highest BCUT2D eigenvalue weighted by atomic mass is 19.4. The Kier molecular flexibility index (Phi) is 3.61. The highest BCUT2D eigenvalue weighted by molar-refractivity contribution is 5.42. The molecule has 1 aromatic heterocycles. The van der Waals surface area contributed by atoms with Gasteiger partial charge in [-0.15, -0.1) is 0 Å². The number of aryl methyl sites for hydroxylation is 1. The summed E-state index contributed by atoms with van der Waals surface area (Å²) in [5.74, 6) is 0. The Balaban J connectivity index is 2.49. The van der Waals surface area contributed by atoms with Gasteiger partial charge in [0.1, 0.15) is 0 Å². The molecular formula is C13H14F3N3. The third-order valence-corrected chi connectivity index (χ3v) is 2.79. The lowest BCUT2D eigenvalue weighted by Gasteiger charge is -2.14. The zero-order chi connectivity index (χ0) is 14.0. The first-order valence-electron chi connectivity index (χ1n) is 5.83. The van der Waals surface area contributed by atoms with E-state index in [2.05, 4.69) is 5.10 Å². The fourth-order valence-electron chi connectivity index (χ4n) is 1.90. The predicted molar refractivity (Wildman–Crippen MR) is 66.1 cm³/mol. The Hall–Kier alpha value is -1.82. The molecule has 0 unspecified atom stereocenters. The molecule has 0 radical (unpaired) electrons. The van der Waals surface area contributed by atoms with Crippen molar-refractivity contribution in [3.05, 3.63) is 47.3 Å². The molecule has 6 heteroatoms.